The molecule has 1 atom stereocenters. The molecule has 1 heterocycles. The van der Waals surface area contributed by atoms with Crippen LogP contribution in [0.5, 0.6) is 5.75 Å². The first-order valence-electron chi connectivity index (χ1n) is 6.63. The van der Waals surface area contributed by atoms with Gasteiger partial charge >= 0.3 is 5.97 Å². The van der Waals surface area contributed by atoms with Crippen molar-refractivity contribution in [2.45, 2.75) is 13.2 Å². The molecule has 22 heavy (non-hydrogen) atoms. The monoisotopic (exact) mass is 323 g/mol. The summed E-state index contributed by atoms with van der Waals surface area (Å²) in [5.41, 5.74) is 0.773. The SMILES string of the molecule is C=C(/C=C/C(=O)OCC)C1Oc2ccccc2N1S(C)(=O)=O. The highest BCUT2D eigenvalue weighted by Gasteiger charge is 2.37. The van der Waals surface area contributed by atoms with Gasteiger partial charge in [-0.3, -0.25) is 0 Å². The highest BCUT2D eigenvalue weighted by Crippen LogP contribution is 2.40. The third kappa shape index (κ3) is 3.30. The molecular formula is C15H17NO5S. The molecule has 0 spiro atoms. The van der Waals surface area contributed by atoms with E-state index in [4.69, 9.17) is 9.47 Å². The van der Waals surface area contributed by atoms with Crippen LogP contribution in [0.2, 0.25) is 0 Å². The van der Waals surface area contributed by atoms with Crippen molar-refractivity contribution in [3.63, 3.8) is 0 Å². The van der Waals surface area contributed by atoms with Gasteiger partial charge in [0.05, 0.1) is 18.6 Å². The fourth-order valence-electron chi connectivity index (χ4n) is 2.06. The molecule has 0 amide bonds. The summed E-state index contributed by atoms with van der Waals surface area (Å²) >= 11 is 0. The van der Waals surface area contributed by atoms with Gasteiger partial charge in [0.2, 0.25) is 16.3 Å². The van der Waals surface area contributed by atoms with Gasteiger partial charge in [0.1, 0.15) is 5.75 Å². The molecule has 2 rings (SSSR count). The Kier molecular flexibility index (Phi) is 4.56. The van der Waals surface area contributed by atoms with Gasteiger partial charge in [0, 0.05) is 11.6 Å². The molecule has 7 heteroatoms. The number of esters is 1. The third-order valence-electron chi connectivity index (χ3n) is 2.95. The first-order valence-corrected chi connectivity index (χ1v) is 8.48. The molecule has 1 aromatic rings. The maximum atomic E-state index is 12.0. The molecular weight excluding hydrogens is 306 g/mol. The highest BCUT2D eigenvalue weighted by atomic mass is 32.2. The van der Waals surface area contributed by atoms with E-state index in [1.165, 1.54) is 12.2 Å². The van der Waals surface area contributed by atoms with Crippen molar-refractivity contribution in [2.24, 2.45) is 0 Å². The molecule has 1 unspecified atom stereocenters. The van der Waals surface area contributed by atoms with Crippen molar-refractivity contribution in [2.75, 3.05) is 17.2 Å². The maximum absolute atomic E-state index is 12.0. The summed E-state index contributed by atoms with van der Waals surface area (Å²) in [7, 11) is -3.56. The van der Waals surface area contributed by atoms with E-state index in [1.54, 1.807) is 31.2 Å². The Morgan fingerprint density at radius 1 is 1.41 bits per heavy atom. The highest BCUT2D eigenvalue weighted by molar-refractivity contribution is 7.92. The number of hydrogen-bond acceptors (Lipinski definition) is 5. The van der Waals surface area contributed by atoms with Crippen LogP contribution >= 0.6 is 0 Å². The van der Waals surface area contributed by atoms with Gasteiger partial charge in [-0.2, -0.15) is 0 Å². The lowest BCUT2D eigenvalue weighted by Gasteiger charge is -2.23. The number of anilines is 1. The van der Waals surface area contributed by atoms with Crippen LogP contribution < -0.4 is 9.04 Å². The zero-order valence-electron chi connectivity index (χ0n) is 12.4. The molecule has 0 radical (unpaired) electrons. The summed E-state index contributed by atoms with van der Waals surface area (Å²) in [4.78, 5) is 11.3. The first-order chi connectivity index (χ1) is 10.3. The molecule has 0 bridgehead atoms. The lowest BCUT2D eigenvalue weighted by atomic mass is 10.2. The van der Waals surface area contributed by atoms with Crippen molar-refractivity contribution < 1.29 is 22.7 Å². The average Bonchev–Trinajstić information content (AvgIpc) is 2.84. The number of nitrogens with zero attached hydrogens (tertiary/aromatic N) is 1. The van der Waals surface area contributed by atoms with Gasteiger partial charge < -0.3 is 9.47 Å². The Bertz CT molecular complexity index is 723. The van der Waals surface area contributed by atoms with Gasteiger partial charge in [-0.1, -0.05) is 18.7 Å². The van der Waals surface area contributed by atoms with Gasteiger partial charge in [0.25, 0.3) is 0 Å². The molecule has 0 aromatic heterocycles. The van der Waals surface area contributed by atoms with E-state index in [-0.39, 0.29) is 6.61 Å². The number of carbonyl (C=O) groups excluding carboxylic acids is 1. The fraction of sp³-hybridized carbons (Fsp3) is 0.267. The predicted octanol–water partition coefficient (Wildman–Crippen LogP) is 1.85. The minimum Gasteiger partial charge on any atom is -0.463 e. The van der Waals surface area contributed by atoms with Gasteiger partial charge in [-0.05, 0) is 25.1 Å². The van der Waals surface area contributed by atoms with E-state index in [0.717, 1.165) is 10.6 Å². The van der Waals surface area contributed by atoms with E-state index >= 15 is 0 Å². The lowest BCUT2D eigenvalue weighted by Crippen LogP contribution is -2.39. The second kappa shape index (κ2) is 6.23. The van der Waals surface area contributed by atoms with E-state index < -0.39 is 22.2 Å². The van der Waals surface area contributed by atoms with Crippen molar-refractivity contribution >= 4 is 21.7 Å². The van der Waals surface area contributed by atoms with Gasteiger partial charge in [0.15, 0.2) is 0 Å². The van der Waals surface area contributed by atoms with E-state index in [1.807, 2.05) is 0 Å². The van der Waals surface area contributed by atoms with Crippen LogP contribution in [-0.4, -0.2) is 33.5 Å². The Morgan fingerprint density at radius 3 is 2.73 bits per heavy atom. The minimum atomic E-state index is -3.56. The summed E-state index contributed by atoms with van der Waals surface area (Å²) in [6.45, 7) is 5.75. The predicted molar refractivity (Wildman–Crippen MR) is 83.1 cm³/mol. The summed E-state index contributed by atoms with van der Waals surface area (Å²) in [6.07, 6.45) is 2.76. The number of para-hydroxylation sites is 2. The second-order valence-corrected chi connectivity index (χ2v) is 6.52. The Labute approximate surface area is 129 Å². The molecule has 0 saturated heterocycles. The number of sulfonamides is 1. The third-order valence-corrected chi connectivity index (χ3v) is 4.05. The number of hydrogen-bond donors (Lipinski definition) is 0. The molecule has 1 aliphatic rings. The number of rotatable bonds is 5. The molecule has 0 N–H and O–H groups in total. The number of fused-ring (bicyclic) bond motifs is 1. The smallest absolute Gasteiger partial charge is 0.330 e. The van der Waals surface area contributed by atoms with E-state index in [2.05, 4.69) is 6.58 Å². The largest absolute Gasteiger partial charge is 0.463 e. The lowest BCUT2D eigenvalue weighted by molar-refractivity contribution is -0.137. The standard InChI is InChI=1S/C15H17NO5S/c1-4-20-14(17)10-9-11(2)15-16(22(3,18)19)12-7-5-6-8-13(12)21-15/h5-10,15H,2,4H2,1,3H3/b10-9+. The molecule has 0 saturated carbocycles. The second-order valence-electron chi connectivity index (χ2n) is 4.66. The minimum absolute atomic E-state index is 0.260. The van der Waals surface area contributed by atoms with Crippen LogP contribution in [0.1, 0.15) is 6.92 Å². The number of carbonyl (C=O) groups is 1. The average molecular weight is 323 g/mol. The molecule has 118 valence electrons. The van der Waals surface area contributed by atoms with Crippen LogP contribution in [0.15, 0.2) is 48.6 Å². The van der Waals surface area contributed by atoms with Crippen LogP contribution in [-0.2, 0) is 19.6 Å². The molecule has 0 fully saturated rings. The van der Waals surface area contributed by atoms with Gasteiger partial charge in [-0.25, -0.2) is 17.5 Å². The Hall–Kier alpha value is -2.28. The molecule has 0 aliphatic carbocycles. The molecule has 1 aliphatic heterocycles. The Morgan fingerprint density at radius 2 is 2.09 bits per heavy atom. The van der Waals surface area contributed by atoms with Crippen LogP contribution in [0.3, 0.4) is 0 Å². The van der Waals surface area contributed by atoms with Crippen LogP contribution in [0, 0.1) is 0 Å². The van der Waals surface area contributed by atoms with Crippen molar-refractivity contribution in [3.05, 3.63) is 48.6 Å². The molecule has 1 aromatic carbocycles. The van der Waals surface area contributed by atoms with E-state index in [9.17, 15) is 13.2 Å². The summed E-state index contributed by atoms with van der Waals surface area (Å²) in [5.74, 6) is -0.0753. The number of ether oxygens (including phenoxy) is 2. The van der Waals surface area contributed by atoms with Gasteiger partial charge in [-0.15, -0.1) is 0 Å². The zero-order chi connectivity index (χ0) is 16.3. The maximum Gasteiger partial charge on any atom is 0.330 e. The zero-order valence-corrected chi connectivity index (χ0v) is 13.2. The van der Waals surface area contributed by atoms with E-state index in [0.29, 0.717) is 17.0 Å². The van der Waals surface area contributed by atoms with Crippen molar-refractivity contribution in [1.29, 1.82) is 0 Å². The van der Waals surface area contributed by atoms with Crippen molar-refractivity contribution in [1.82, 2.24) is 0 Å². The summed E-state index contributed by atoms with van der Waals surface area (Å²) in [6, 6.07) is 6.80. The first kappa shape index (κ1) is 16.1. The van der Waals surface area contributed by atoms with Crippen LogP contribution in [0.4, 0.5) is 5.69 Å². The van der Waals surface area contributed by atoms with Crippen LogP contribution in [0.25, 0.3) is 0 Å². The summed E-state index contributed by atoms with van der Waals surface area (Å²) in [5, 5.41) is 0. The fourth-order valence-corrected chi connectivity index (χ4v) is 3.09. The Balaban J connectivity index is 2.28. The molecule has 6 nitrogen and oxygen atoms in total. The normalized spacial score (nSPS) is 17.2. The summed E-state index contributed by atoms with van der Waals surface area (Å²) < 4.78 is 35.6. The van der Waals surface area contributed by atoms with Crippen molar-refractivity contribution in [3.8, 4) is 5.75 Å². The number of benzene rings is 1. The quantitative estimate of drug-likeness (QED) is 0.470. The topological polar surface area (TPSA) is 72.9 Å².